The number of rotatable bonds is 5. The number of carbonyl (C=O) groups is 1. The van der Waals surface area contributed by atoms with Crippen LogP contribution in [0.4, 0.5) is 11.4 Å². The third-order valence-corrected chi connectivity index (χ3v) is 4.99. The fourth-order valence-corrected chi connectivity index (χ4v) is 3.32. The Morgan fingerprint density at radius 1 is 1.13 bits per heavy atom. The number of sulfonamides is 1. The van der Waals surface area contributed by atoms with Crippen LogP contribution in [0.3, 0.4) is 0 Å². The highest BCUT2D eigenvalue weighted by Crippen LogP contribution is 2.28. The van der Waals surface area contributed by atoms with Gasteiger partial charge in [0.1, 0.15) is 5.75 Å². The summed E-state index contributed by atoms with van der Waals surface area (Å²) in [5.74, 6) is 0.0665. The van der Waals surface area contributed by atoms with Crippen molar-refractivity contribution in [2.75, 3.05) is 17.1 Å². The van der Waals surface area contributed by atoms with E-state index in [1.807, 2.05) is 0 Å². The lowest BCUT2D eigenvalue weighted by Gasteiger charge is -2.12. The van der Waals surface area contributed by atoms with E-state index in [0.717, 1.165) is 3.57 Å². The van der Waals surface area contributed by atoms with Crippen molar-refractivity contribution < 1.29 is 17.9 Å². The van der Waals surface area contributed by atoms with Gasteiger partial charge in [0.25, 0.3) is 10.0 Å². The normalized spacial score (nSPS) is 10.9. The molecular weight excluding hydrogens is 431 g/mol. The Hall–Kier alpha value is -1.81. The first-order valence-electron chi connectivity index (χ1n) is 6.56. The molecule has 6 nitrogen and oxygen atoms in total. The van der Waals surface area contributed by atoms with E-state index in [4.69, 9.17) is 4.74 Å². The van der Waals surface area contributed by atoms with Gasteiger partial charge in [0.05, 0.1) is 17.7 Å². The summed E-state index contributed by atoms with van der Waals surface area (Å²) in [4.78, 5) is 11.3. The summed E-state index contributed by atoms with van der Waals surface area (Å²) in [6.07, 6.45) is 0. The molecule has 0 spiro atoms. The first-order valence-corrected chi connectivity index (χ1v) is 9.12. The van der Waals surface area contributed by atoms with Crippen molar-refractivity contribution in [1.29, 1.82) is 0 Å². The van der Waals surface area contributed by atoms with Gasteiger partial charge < -0.3 is 10.1 Å². The highest BCUT2D eigenvalue weighted by molar-refractivity contribution is 14.1. The number of benzene rings is 2. The minimum absolute atomic E-state index is 0.0283. The maximum Gasteiger partial charge on any atom is 0.261 e. The van der Waals surface area contributed by atoms with E-state index in [2.05, 4.69) is 32.6 Å². The molecule has 23 heavy (non-hydrogen) atoms. The van der Waals surface area contributed by atoms with Gasteiger partial charge in [-0.25, -0.2) is 8.42 Å². The van der Waals surface area contributed by atoms with Crippen molar-refractivity contribution in [2.45, 2.75) is 11.8 Å². The molecule has 2 aromatic carbocycles. The molecule has 0 atom stereocenters. The molecule has 0 bridgehead atoms. The van der Waals surface area contributed by atoms with Crippen molar-refractivity contribution in [2.24, 2.45) is 0 Å². The van der Waals surface area contributed by atoms with Crippen molar-refractivity contribution in [3.63, 3.8) is 0 Å². The monoisotopic (exact) mass is 446 g/mol. The number of anilines is 2. The van der Waals surface area contributed by atoms with Crippen LogP contribution in [0, 0.1) is 3.57 Å². The van der Waals surface area contributed by atoms with E-state index in [9.17, 15) is 13.2 Å². The SMILES string of the molecule is COc1ccc(S(=O)(=O)Nc2ccc(I)cc2)cc1NC(C)=O. The predicted molar refractivity (Wildman–Crippen MR) is 97.3 cm³/mol. The number of amides is 1. The summed E-state index contributed by atoms with van der Waals surface area (Å²) in [5.41, 5.74) is 0.757. The molecule has 0 saturated carbocycles. The molecule has 0 radical (unpaired) electrons. The zero-order valence-electron chi connectivity index (χ0n) is 12.5. The number of methoxy groups -OCH3 is 1. The molecule has 0 saturated heterocycles. The van der Waals surface area contributed by atoms with Gasteiger partial charge in [-0.1, -0.05) is 0 Å². The lowest BCUT2D eigenvalue weighted by Crippen LogP contribution is -2.14. The number of ether oxygens (including phenoxy) is 1. The Kier molecular flexibility index (Phi) is 5.47. The van der Waals surface area contributed by atoms with Crippen LogP contribution in [0.1, 0.15) is 6.92 Å². The third kappa shape index (κ3) is 4.58. The molecular formula is C15H15IN2O4S. The zero-order chi connectivity index (χ0) is 17.0. The van der Waals surface area contributed by atoms with E-state index < -0.39 is 10.0 Å². The second-order valence-electron chi connectivity index (χ2n) is 4.66. The first-order chi connectivity index (χ1) is 10.8. The molecule has 2 aromatic rings. The molecule has 0 fully saturated rings. The van der Waals surface area contributed by atoms with Crippen LogP contribution in [0.2, 0.25) is 0 Å². The number of hydrogen-bond acceptors (Lipinski definition) is 4. The van der Waals surface area contributed by atoms with Gasteiger partial charge in [-0.15, -0.1) is 0 Å². The molecule has 122 valence electrons. The predicted octanol–water partition coefficient (Wildman–Crippen LogP) is 3.06. The van der Waals surface area contributed by atoms with Crippen molar-refractivity contribution >= 4 is 49.9 Å². The summed E-state index contributed by atoms with van der Waals surface area (Å²) < 4.78 is 33.5. The molecule has 8 heteroatoms. The van der Waals surface area contributed by atoms with Gasteiger partial charge in [0.15, 0.2) is 0 Å². The second-order valence-corrected chi connectivity index (χ2v) is 7.58. The van der Waals surface area contributed by atoms with Crippen LogP contribution >= 0.6 is 22.6 Å². The zero-order valence-corrected chi connectivity index (χ0v) is 15.4. The van der Waals surface area contributed by atoms with Crippen LogP contribution in [-0.2, 0) is 14.8 Å². The second kappa shape index (κ2) is 7.18. The summed E-state index contributed by atoms with van der Waals surface area (Å²) >= 11 is 2.14. The molecule has 0 aliphatic rings. The third-order valence-electron chi connectivity index (χ3n) is 2.89. The van der Waals surface area contributed by atoms with Gasteiger partial charge in [-0.2, -0.15) is 0 Å². The Morgan fingerprint density at radius 2 is 1.78 bits per heavy atom. The van der Waals surface area contributed by atoms with E-state index in [0.29, 0.717) is 17.1 Å². The average Bonchev–Trinajstić information content (AvgIpc) is 2.49. The fraction of sp³-hybridized carbons (Fsp3) is 0.133. The highest BCUT2D eigenvalue weighted by atomic mass is 127. The lowest BCUT2D eigenvalue weighted by molar-refractivity contribution is -0.114. The van der Waals surface area contributed by atoms with Gasteiger partial charge in [0.2, 0.25) is 5.91 Å². The number of halogens is 1. The van der Waals surface area contributed by atoms with E-state index in [1.165, 1.54) is 32.2 Å². The summed E-state index contributed by atoms with van der Waals surface area (Å²) in [7, 11) is -2.33. The lowest BCUT2D eigenvalue weighted by atomic mass is 10.3. The van der Waals surface area contributed by atoms with Crippen LogP contribution in [0.15, 0.2) is 47.4 Å². The summed E-state index contributed by atoms with van der Waals surface area (Å²) in [6.45, 7) is 1.34. The Bertz CT molecular complexity index is 820. The molecule has 0 unspecified atom stereocenters. The van der Waals surface area contributed by atoms with Crippen molar-refractivity contribution in [3.8, 4) is 5.75 Å². The minimum Gasteiger partial charge on any atom is -0.495 e. The average molecular weight is 446 g/mol. The van der Waals surface area contributed by atoms with Crippen LogP contribution in [0.5, 0.6) is 5.75 Å². The topological polar surface area (TPSA) is 84.5 Å². The molecule has 2 N–H and O–H groups in total. The largest absolute Gasteiger partial charge is 0.495 e. The Morgan fingerprint density at radius 3 is 2.35 bits per heavy atom. The Balaban J connectivity index is 2.35. The fourth-order valence-electron chi connectivity index (χ4n) is 1.87. The molecule has 2 rings (SSSR count). The molecule has 0 aliphatic carbocycles. The maximum atomic E-state index is 12.5. The van der Waals surface area contributed by atoms with Crippen LogP contribution < -0.4 is 14.8 Å². The van der Waals surface area contributed by atoms with Crippen molar-refractivity contribution in [3.05, 3.63) is 46.0 Å². The molecule has 0 heterocycles. The minimum atomic E-state index is -3.77. The van der Waals surface area contributed by atoms with Crippen LogP contribution in [-0.4, -0.2) is 21.4 Å². The van der Waals surface area contributed by atoms with Gasteiger partial charge >= 0.3 is 0 Å². The maximum absolute atomic E-state index is 12.5. The molecule has 0 aliphatic heterocycles. The Labute approximate surface area is 148 Å². The smallest absolute Gasteiger partial charge is 0.261 e. The van der Waals surface area contributed by atoms with E-state index in [1.54, 1.807) is 24.3 Å². The van der Waals surface area contributed by atoms with Crippen LogP contribution in [0.25, 0.3) is 0 Å². The van der Waals surface area contributed by atoms with Crippen molar-refractivity contribution in [1.82, 2.24) is 0 Å². The first kappa shape index (κ1) is 17.5. The molecule has 0 aromatic heterocycles. The molecule has 1 amide bonds. The van der Waals surface area contributed by atoms with E-state index in [-0.39, 0.29) is 10.8 Å². The number of nitrogens with one attached hydrogen (secondary N) is 2. The highest BCUT2D eigenvalue weighted by Gasteiger charge is 2.17. The summed E-state index contributed by atoms with van der Waals surface area (Å²) in [6, 6.07) is 11.2. The van der Waals surface area contributed by atoms with Gasteiger partial charge in [0, 0.05) is 16.2 Å². The quantitative estimate of drug-likeness (QED) is 0.692. The van der Waals surface area contributed by atoms with Gasteiger partial charge in [-0.3, -0.25) is 9.52 Å². The van der Waals surface area contributed by atoms with Gasteiger partial charge in [-0.05, 0) is 65.1 Å². The summed E-state index contributed by atoms with van der Waals surface area (Å²) in [5, 5.41) is 2.55. The van der Waals surface area contributed by atoms with E-state index >= 15 is 0 Å². The number of hydrogen-bond donors (Lipinski definition) is 2. The number of carbonyl (C=O) groups excluding carboxylic acids is 1. The standard InChI is InChI=1S/C15H15IN2O4S/c1-10(19)17-14-9-13(7-8-15(14)22-2)23(20,21)18-12-5-3-11(16)4-6-12/h3-9,18H,1-2H3,(H,17,19).